The second-order valence-electron chi connectivity index (χ2n) is 3.58. The molecule has 18 heavy (non-hydrogen) atoms. The average molecular weight is 283 g/mol. The van der Waals surface area contributed by atoms with Crippen LogP contribution in [-0.4, -0.2) is 19.9 Å². The van der Waals surface area contributed by atoms with Crippen LogP contribution in [-0.2, 0) is 0 Å². The van der Waals surface area contributed by atoms with Crippen LogP contribution in [0.15, 0.2) is 21.7 Å². The summed E-state index contributed by atoms with van der Waals surface area (Å²) in [5.41, 5.74) is -0.224. The Bertz CT molecular complexity index is 900. The number of nitrogens with one attached hydrogen (secondary N) is 2. The molecule has 2 heterocycles. The number of hydrogen-bond acceptors (Lipinski definition) is 4. The van der Waals surface area contributed by atoms with Crippen LogP contribution in [0.5, 0.6) is 0 Å². The molecule has 0 aliphatic carbocycles. The number of benzene rings is 1. The summed E-state index contributed by atoms with van der Waals surface area (Å²) in [7, 11) is 0. The standard InChI is InChI=1S/C10H4Cl2N4O2/c11-3-1-5-6(2-4(3)12)14-8-7(13-5)9(17)16-10(18)15-8/h1-2H,(H2,14,15,16,17,18). The molecule has 0 saturated heterocycles. The second kappa shape index (κ2) is 3.79. The molecule has 8 heteroatoms. The van der Waals surface area contributed by atoms with Crippen molar-refractivity contribution in [3.8, 4) is 0 Å². The highest BCUT2D eigenvalue weighted by atomic mass is 35.5. The van der Waals surface area contributed by atoms with Crippen molar-refractivity contribution in [2.75, 3.05) is 0 Å². The summed E-state index contributed by atoms with van der Waals surface area (Å²) < 4.78 is 0. The van der Waals surface area contributed by atoms with E-state index in [1.165, 1.54) is 12.1 Å². The third-order valence-corrected chi connectivity index (χ3v) is 3.10. The van der Waals surface area contributed by atoms with Gasteiger partial charge in [-0.2, -0.15) is 0 Å². The minimum atomic E-state index is -0.638. The summed E-state index contributed by atoms with van der Waals surface area (Å²) in [5, 5.41) is 0.642. The molecule has 3 aromatic rings. The smallest absolute Gasteiger partial charge is 0.290 e. The average Bonchev–Trinajstić information content (AvgIpc) is 2.29. The van der Waals surface area contributed by atoms with Gasteiger partial charge in [-0.3, -0.25) is 14.8 Å². The molecule has 0 amide bonds. The molecule has 2 aromatic heterocycles. The molecule has 6 nitrogen and oxygen atoms in total. The molecule has 2 N–H and O–H groups in total. The fourth-order valence-electron chi connectivity index (χ4n) is 1.60. The molecule has 0 radical (unpaired) electrons. The van der Waals surface area contributed by atoms with Crippen molar-refractivity contribution < 1.29 is 0 Å². The van der Waals surface area contributed by atoms with Crippen LogP contribution in [0.4, 0.5) is 0 Å². The number of halogens is 2. The Morgan fingerprint density at radius 3 is 2.22 bits per heavy atom. The number of H-pyrrole nitrogens is 2. The van der Waals surface area contributed by atoms with Crippen LogP contribution in [0.25, 0.3) is 22.2 Å². The van der Waals surface area contributed by atoms with E-state index in [9.17, 15) is 9.59 Å². The highest BCUT2D eigenvalue weighted by molar-refractivity contribution is 6.42. The first kappa shape index (κ1) is 11.2. The number of aromatic amines is 2. The monoisotopic (exact) mass is 282 g/mol. The normalized spacial score (nSPS) is 11.2. The summed E-state index contributed by atoms with van der Waals surface area (Å²) in [6.45, 7) is 0. The molecule has 0 unspecified atom stereocenters. The Hall–Kier alpha value is -1.92. The molecule has 90 valence electrons. The van der Waals surface area contributed by atoms with Crippen molar-refractivity contribution >= 4 is 45.4 Å². The van der Waals surface area contributed by atoms with E-state index < -0.39 is 11.2 Å². The second-order valence-corrected chi connectivity index (χ2v) is 4.40. The van der Waals surface area contributed by atoms with E-state index in [1.54, 1.807) is 0 Å². The van der Waals surface area contributed by atoms with Crippen molar-refractivity contribution in [1.82, 2.24) is 19.9 Å². The fourth-order valence-corrected chi connectivity index (χ4v) is 1.91. The van der Waals surface area contributed by atoms with Gasteiger partial charge >= 0.3 is 5.69 Å². The quantitative estimate of drug-likeness (QED) is 0.611. The van der Waals surface area contributed by atoms with Crippen molar-refractivity contribution in [2.24, 2.45) is 0 Å². The third kappa shape index (κ3) is 1.66. The van der Waals surface area contributed by atoms with E-state index in [4.69, 9.17) is 23.2 Å². The number of rotatable bonds is 0. The summed E-state index contributed by atoms with van der Waals surface area (Å²) in [6.07, 6.45) is 0. The van der Waals surface area contributed by atoms with Crippen molar-refractivity contribution in [3.63, 3.8) is 0 Å². The Morgan fingerprint density at radius 2 is 1.56 bits per heavy atom. The zero-order chi connectivity index (χ0) is 12.9. The van der Waals surface area contributed by atoms with Gasteiger partial charge < -0.3 is 0 Å². The lowest BCUT2D eigenvalue weighted by molar-refractivity contribution is 1.05. The van der Waals surface area contributed by atoms with Gasteiger partial charge in [-0.1, -0.05) is 23.2 Å². The summed E-state index contributed by atoms with van der Waals surface area (Å²) in [6, 6.07) is 3.03. The van der Waals surface area contributed by atoms with Gasteiger partial charge in [0, 0.05) is 0 Å². The van der Waals surface area contributed by atoms with Crippen LogP contribution in [0.2, 0.25) is 10.0 Å². The highest BCUT2D eigenvalue weighted by Gasteiger charge is 2.08. The topological polar surface area (TPSA) is 91.5 Å². The molecular formula is C10H4Cl2N4O2. The molecule has 0 aliphatic heterocycles. The van der Waals surface area contributed by atoms with Gasteiger partial charge in [0.1, 0.15) is 0 Å². The van der Waals surface area contributed by atoms with Crippen LogP contribution in [0.1, 0.15) is 0 Å². The maximum atomic E-state index is 11.6. The Balaban J connectivity index is 2.55. The van der Waals surface area contributed by atoms with Crippen molar-refractivity contribution in [1.29, 1.82) is 0 Å². The summed E-state index contributed by atoms with van der Waals surface area (Å²) in [4.78, 5) is 35.4. The van der Waals surface area contributed by atoms with Gasteiger partial charge in [-0.15, -0.1) is 0 Å². The van der Waals surface area contributed by atoms with Gasteiger partial charge in [0.25, 0.3) is 5.56 Å². The fraction of sp³-hybridized carbons (Fsp3) is 0. The van der Waals surface area contributed by atoms with Gasteiger partial charge in [0.15, 0.2) is 11.2 Å². The molecule has 0 aliphatic rings. The van der Waals surface area contributed by atoms with Gasteiger partial charge in [0.2, 0.25) is 0 Å². The van der Waals surface area contributed by atoms with Gasteiger partial charge in [0.05, 0.1) is 21.1 Å². The largest absolute Gasteiger partial charge is 0.327 e. The number of fused-ring (bicyclic) bond motifs is 2. The van der Waals surface area contributed by atoms with E-state index in [-0.39, 0.29) is 11.2 Å². The summed E-state index contributed by atoms with van der Waals surface area (Å²) in [5.74, 6) is 0. The van der Waals surface area contributed by atoms with Crippen LogP contribution >= 0.6 is 23.2 Å². The first-order valence-corrected chi connectivity index (χ1v) is 5.59. The van der Waals surface area contributed by atoms with Gasteiger partial charge in [-0.25, -0.2) is 14.8 Å². The molecule has 0 fully saturated rings. The molecule has 0 bridgehead atoms. The molecular weight excluding hydrogens is 279 g/mol. The predicted molar refractivity (Wildman–Crippen MR) is 68.3 cm³/mol. The Labute approximate surface area is 109 Å². The lowest BCUT2D eigenvalue weighted by atomic mass is 10.3. The molecule has 0 atom stereocenters. The van der Waals surface area contributed by atoms with E-state index in [0.29, 0.717) is 21.1 Å². The van der Waals surface area contributed by atoms with Crippen molar-refractivity contribution in [3.05, 3.63) is 43.0 Å². The van der Waals surface area contributed by atoms with Crippen LogP contribution < -0.4 is 11.2 Å². The zero-order valence-corrected chi connectivity index (χ0v) is 10.1. The number of aromatic nitrogens is 4. The molecule has 0 spiro atoms. The zero-order valence-electron chi connectivity index (χ0n) is 8.62. The minimum Gasteiger partial charge on any atom is -0.290 e. The Kier molecular flexibility index (Phi) is 2.36. The predicted octanol–water partition coefficient (Wildman–Crippen LogP) is 1.47. The van der Waals surface area contributed by atoms with E-state index >= 15 is 0 Å². The van der Waals surface area contributed by atoms with Crippen molar-refractivity contribution in [2.45, 2.75) is 0 Å². The lowest BCUT2D eigenvalue weighted by Gasteiger charge is -2.01. The van der Waals surface area contributed by atoms with Crippen LogP contribution in [0, 0.1) is 0 Å². The number of hydrogen-bond donors (Lipinski definition) is 2. The number of nitrogens with zero attached hydrogens (tertiary/aromatic N) is 2. The van der Waals surface area contributed by atoms with E-state index in [2.05, 4.69) is 19.9 Å². The van der Waals surface area contributed by atoms with Crippen LogP contribution in [0.3, 0.4) is 0 Å². The minimum absolute atomic E-state index is 0.0421. The van der Waals surface area contributed by atoms with Gasteiger partial charge in [-0.05, 0) is 12.1 Å². The summed E-state index contributed by atoms with van der Waals surface area (Å²) >= 11 is 11.7. The van der Waals surface area contributed by atoms with E-state index in [1.807, 2.05) is 0 Å². The molecule has 0 saturated carbocycles. The SMILES string of the molecule is O=c1[nH]c(=O)c2nc3cc(Cl)c(Cl)cc3nc2[nH]1. The lowest BCUT2D eigenvalue weighted by Crippen LogP contribution is -2.23. The first-order valence-electron chi connectivity index (χ1n) is 4.84. The third-order valence-electron chi connectivity index (χ3n) is 2.38. The Morgan fingerprint density at radius 1 is 0.944 bits per heavy atom. The molecule has 1 aromatic carbocycles. The molecule has 3 rings (SSSR count). The maximum absolute atomic E-state index is 11.6. The van der Waals surface area contributed by atoms with E-state index in [0.717, 1.165) is 0 Å². The highest BCUT2D eigenvalue weighted by Crippen LogP contribution is 2.26. The first-order chi connectivity index (χ1) is 8.54. The maximum Gasteiger partial charge on any atom is 0.327 e.